The molecule has 5 aromatic rings. The Morgan fingerprint density at radius 1 is 1.05 bits per heavy atom. The van der Waals surface area contributed by atoms with Gasteiger partial charge in [0.25, 0.3) is 5.56 Å². The monoisotopic (exact) mass is 526 g/mol. The molecule has 0 atom stereocenters. The predicted molar refractivity (Wildman–Crippen MR) is 152 cm³/mol. The van der Waals surface area contributed by atoms with Crippen LogP contribution in [0.3, 0.4) is 0 Å². The lowest BCUT2D eigenvalue weighted by Gasteiger charge is -2.14. The number of fused-ring (bicyclic) bond motifs is 1. The van der Waals surface area contributed by atoms with Crippen molar-refractivity contribution in [2.75, 3.05) is 11.1 Å². The van der Waals surface area contributed by atoms with Crippen molar-refractivity contribution >= 4 is 34.4 Å². The molecule has 38 heavy (non-hydrogen) atoms. The highest BCUT2D eigenvalue weighted by Crippen LogP contribution is 2.30. The molecule has 3 aromatic carbocycles. The molecule has 1 amide bonds. The van der Waals surface area contributed by atoms with E-state index in [1.165, 1.54) is 23.9 Å². The summed E-state index contributed by atoms with van der Waals surface area (Å²) in [5, 5.41) is 3.17. The van der Waals surface area contributed by atoms with Gasteiger partial charge in [0.05, 0.1) is 11.4 Å². The minimum Gasteiger partial charge on any atom is -0.344 e. The first-order chi connectivity index (χ1) is 18.4. The van der Waals surface area contributed by atoms with Crippen molar-refractivity contribution in [2.45, 2.75) is 25.4 Å². The molecule has 0 saturated heterocycles. The Labute approximate surface area is 224 Å². The van der Waals surface area contributed by atoms with Crippen LogP contribution < -0.4 is 10.9 Å². The van der Waals surface area contributed by atoms with Crippen LogP contribution in [0.15, 0.2) is 88.9 Å². The molecule has 0 radical (unpaired) electrons. The number of aryl methyl sites for hydroxylation is 3. The normalized spacial score (nSPS) is 11.2. The lowest BCUT2D eigenvalue weighted by molar-refractivity contribution is -0.113. The number of hydrogen-bond acceptors (Lipinski definition) is 4. The highest BCUT2D eigenvalue weighted by Gasteiger charge is 2.20. The van der Waals surface area contributed by atoms with Gasteiger partial charge in [-0.3, -0.25) is 14.2 Å². The smallest absolute Gasteiger partial charge is 0.283 e. The van der Waals surface area contributed by atoms with E-state index in [1.807, 2.05) is 67.8 Å². The molecule has 0 aliphatic carbocycles. The second kappa shape index (κ2) is 10.7. The van der Waals surface area contributed by atoms with Gasteiger partial charge in [0.2, 0.25) is 5.91 Å². The molecule has 6 nitrogen and oxygen atoms in total. The van der Waals surface area contributed by atoms with Crippen LogP contribution in [-0.4, -0.2) is 25.8 Å². The van der Waals surface area contributed by atoms with E-state index in [1.54, 1.807) is 22.1 Å². The number of hydrogen-bond donors (Lipinski definition) is 1. The van der Waals surface area contributed by atoms with Crippen LogP contribution in [-0.2, 0) is 18.3 Å². The molecule has 0 saturated carbocycles. The Morgan fingerprint density at radius 2 is 1.79 bits per heavy atom. The maximum absolute atomic E-state index is 13.9. The standard InChI is InChI=1S/C30H27FN4O2S/c1-4-20-11-14-23(15-12-20)35-29(37)28-27(24(17-34(28)3)21-8-6-5-7-9-21)33-30(35)38-18-26(36)32-25-16-22(31)13-10-19(25)2/h5-17H,4,18H2,1-3H3,(H,32,36). The summed E-state index contributed by atoms with van der Waals surface area (Å²) in [4.78, 5) is 31.7. The van der Waals surface area contributed by atoms with Crippen molar-refractivity contribution in [1.29, 1.82) is 0 Å². The van der Waals surface area contributed by atoms with Gasteiger partial charge in [0, 0.05) is 24.5 Å². The molecule has 2 aromatic heterocycles. The molecule has 0 spiro atoms. The van der Waals surface area contributed by atoms with Crippen molar-refractivity contribution in [2.24, 2.45) is 7.05 Å². The van der Waals surface area contributed by atoms with Crippen molar-refractivity contribution in [3.05, 3.63) is 106 Å². The zero-order valence-electron chi connectivity index (χ0n) is 21.4. The summed E-state index contributed by atoms with van der Waals surface area (Å²) in [5.74, 6) is -0.746. The highest BCUT2D eigenvalue weighted by atomic mass is 32.2. The Hall–Kier alpha value is -4.17. The van der Waals surface area contributed by atoms with Crippen LogP contribution in [0, 0.1) is 12.7 Å². The van der Waals surface area contributed by atoms with E-state index >= 15 is 0 Å². The number of benzene rings is 3. The van der Waals surface area contributed by atoms with Gasteiger partial charge in [0.1, 0.15) is 16.9 Å². The van der Waals surface area contributed by atoms with Crippen LogP contribution in [0.5, 0.6) is 0 Å². The summed E-state index contributed by atoms with van der Waals surface area (Å²) in [7, 11) is 1.84. The minimum absolute atomic E-state index is 0.00551. The van der Waals surface area contributed by atoms with E-state index in [0.717, 1.165) is 28.7 Å². The Balaban J connectivity index is 1.58. The Morgan fingerprint density at radius 3 is 2.50 bits per heavy atom. The largest absolute Gasteiger partial charge is 0.344 e. The highest BCUT2D eigenvalue weighted by molar-refractivity contribution is 7.99. The SMILES string of the molecule is CCc1ccc(-n2c(SCC(=O)Nc3cc(F)ccc3C)nc3c(-c4ccccc4)cn(C)c3c2=O)cc1. The van der Waals surface area contributed by atoms with Crippen LogP contribution >= 0.6 is 11.8 Å². The number of amides is 1. The number of nitrogens with zero attached hydrogens (tertiary/aromatic N) is 3. The molecule has 0 bridgehead atoms. The molecule has 0 fully saturated rings. The Bertz CT molecular complexity index is 1690. The fraction of sp³-hybridized carbons (Fsp3) is 0.167. The maximum Gasteiger partial charge on any atom is 0.283 e. The summed E-state index contributed by atoms with van der Waals surface area (Å²) < 4.78 is 17.1. The van der Waals surface area contributed by atoms with Gasteiger partial charge in [-0.1, -0.05) is 67.2 Å². The molecule has 2 heterocycles. The number of carbonyl (C=O) groups is 1. The lowest BCUT2D eigenvalue weighted by atomic mass is 10.1. The van der Waals surface area contributed by atoms with Gasteiger partial charge in [-0.05, 0) is 54.3 Å². The van der Waals surface area contributed by atoms with Gasteiger partial charge < -0.3 is 9.88 Å². The van der Waals surface area contributed by atoms with Gasteiger partial charge in [-0.25, -0.2) is 9.37 Å². The molecule has 8 heteroatoms. The quantitative estimate of drug-likeness (QED) is 0.205. The summed E-state index contributed by atoms with van der Waals surface area (Å²) in [6.07, 6.45) is 2.79. The van der Waals surface area contributed by atoms with E-state index in [-0.39, 0.29) is 17.2 Å². The van der Waals surface area contributed by atoms with E-state index in [0.29, 0.717) is 27.6 Å². The fourth-order valence-electron chi connectivity index (χ4n) is 4.40. The number of carbonyl (C=O) groups excluding carboxylic acids is 1. The summed E-state index contributed by atoms with van der Waals surface area (Å²) in [6.45, 7) is 3.87. The molecular formula is C30H27FN4O2S. The van der Waals surface area contributed by atoms with Gasteiger partial charge in [-0.2, -0.15) is 0 Å². The third kappa shape index (κ3) is 4.99. The topological polar surface area (TPSA) is 68.9 Å². The predicted octanol–water partition coefficient (Wildman–Crippen LogP) is 6.13. The maximum atomic E-state index is 13.9. The molecule has 0 aliphatic heterocycles. The van der Waals surface area contributed by atoms with Crippen LogP contribution in [0.2, 0.25) is 0 Å². The van der Waals surface area contributed by atoms with E-state index in [4.69, 9.17) is 4.98 Å². The van der Waals surface area contributed by atoms with Gasteiger partial charge in [0.15, 0.2) is 5.16 Å². The molecule has 0 unspecified atom stereocenters. The third-order valence-electron chi connectivity index (χ3n) is 6.45. The van der Waals surface area contributed by atoms with E-state index in [9.17, 15) is 14.0 Å². The zero-order chi connectivity index (χ0) is 26.8. The Kier molecular flexibility index (Phi) is 7.15. The fourth-order valence-corrected chi connectivity index (χ4v) is 5.20. The summed E-state index contributed by atoms with van der Waals surface area (Å²) in [6, 6.07) is 21.8. The van der Waals surface area contributed by atoms with E-state index < -0.39 is 5.82 Å². The first-order valence-electron chi connectivity index (χ1n) is 12.3. The number of nitrogens with one attached hydrogen (secondary N) is 1. The molecule has 5 rings (SSSR count). The lowest BCUT2D eigenvalue weighted by Crippen LogP contribution is -2.24. The van der Waals surface area contributed by atoms with Gasteiger partial charge in [-0.15, -0.1) is 0 Å². The third-order valence-corrected chi connectivity index (χ3v) is 7.39. The first-order valence-corrected chi connectivity index (χ1v) is 13.3. The zero-order valence-corrected chi connectivity index (χ0v) is 22.2. The number of aromatic nitrogens is 3. The average molecular weight is 527 g/mol. The first kappa shape index (κ1) is 25.5. The van der Waals surface area contributed by atoms with Crippen molar-refractivity contribution in [1.82, 2.24) is 14.1 Å². The molecule has 1 N–H and O–H groups in total. The van der Waals surface area contributed by atoms with Crippen molar-refractivity contribution in [3.8, 4) is 16.8 Å². The van der Waals surface area contributed by atoms with E-state index in [2.05, 4.69) is 12.2 Å². The number of anilines is 1. The van der Waals surface area contributed by atoms with Crippen molar-refractivity contribution in [3.63, 3.8) is 0 Å². The van der Waals surface area contributed by atoms with Gasteiger partial charge >= 0.3 is 0 Å². The average Bonchev–Trinajstić information content (AvgIpc) is 3.26. The molecule has 192 valence electrons. The summed E-state index contributed by atoms with van der Waals surface area (Å²) >= 11 is 1.17. The number of halogens is 1. The number of thioether (sulfide) groups is 1. The van der Waals surface area contributed by atoms with Crippen LogP contribution in [0.4, 0.5) is 10.1 Å². The molecule has 0 aliphatic rings. The minimum atomic E-state index is -0.424. The second-order valence-corrected chi connectivity index (χ2v) is 10.0. The van der Waals surface area contributed by atoms with Crippen molar-refractivity contribution < 1.29 is 9.18 Å². The molecular weight excluding hydrogens is 499 g/mol. The second-order valence-electron chi connectivity index (χ2n) is 9.07. The summed E-state index contributed by atoms with van der Waals surface area (Å²) in [5.41, 5.74) is 5.64. The number of rotatable bonds is 7. The van der Waals surface area contributed by atoms with Crippen LogP contribution in [0.1, 0.15) is 18.1 Å². The van der Waals surface area contributed by atoms with Crippen LogP contribution in [0.25, 0.3) is 27.8 Å².